The molecule has 0 aliphatic carbocycles. The molecule has 0 saturated heterocycles. The second kappa shape index (κ2) is 5.40. The summed E-state index contributed by atoms with van der Waals surface area (Å²) in [5.41, 5.74) is 4.64. The van der Waals surface area contributed by atoms with Gasteiger partial charge >= 0.3 is 6.18 Å². The highest BCUT2D eigenvalue weighted by Crippen LogP contribution is 2.34. The Morgan fingerprint density at radius 2 is 1.94 bits per heavy atom. The van der Waals surface area contributed by atoms with Crippen LogP contribution >= 0.6 is 0 Å². The summed E-state index contributed by atoms with van der Waals surface area (Å²) >= 11 is 0. The van der Waals surface area contributed by atoms with Gasteiger partial charge < -0.3 is 10.5 Å². The van der Waals surface area contributed by atoms with Gasteiger partial charge in [0.2, 0.25) is 0 Å². The normalized spacial score (nSPS) is 11.9. The average Bonchev–Trinajstić information content (AvgIpc) is 2.24. The smallest absolute Gasteiger partial charge is 0.416 e. The van der Waals surface area contributed by atoms with Gasteiger partial charge in [0.15, 0.2) is 0 Å². The maximum absolute atomic E-state index is 12.7. The van der Waals surface area contributed by atoms with Crippen molar-refractivity contribution in [3.63, 3.8) is 0 Å². The highest BCUT2D eigenvalue weighted by molar-refractivity contribution is 5.37. The molecule has 0 aliphatic rings. The lowest BCUT2D eigenvalue weighted by atomic mass is 10.1. The maximum Gasteiger partial charge on any atom is 0.416 e. The lowest BCUT2D eigenvalue weighted by Gasteiger charge is -2.14. The van der Waals surface area contributed by atoms with Crippen LogP contribution in [0.5, 0.6) is 5.75 Å². The Bertz CT molecular complexity index is 375. The number of nitrogens with two attached hydrogens (primary N) is 1. The van der Waals surface area contributed by atoms with Gasteiger partial charge in [-0.3, -0.25) is 0 Å². The van der Waals surface area contributed by atoms with Crippen LogP contribution in [0.25, 0.3) is 0 Å². The van der Waals surface area contributed by atoms with E-state index in [4.69, 9.17) is 10.5 Å². The van der Waals surface area contributed by atoms with E-state index in [1.807, 2.05) is 13.8 Å². The number of ether oxygens (including phenoxy) is 1. The first kappa shape index (κ1) is 13.8. The molecule has 0 fully saturated rings. The summed E-state index contributed by atoms with van der Waals surface area (Å²) in [6.45, 7) is 4.11. The lowest BCUT2D eigenvalue weighted by molar-refractivity contribution is -0.138. The molecule has 0 radical (unpaired) electrons. The van der Waals surface area contributed by atoms with Crippen molar-refractivity contribution in [1.29, 1.82) is 0 Å². The quantitative estimate of drug-likeness (QED) is 0.886. The predicted octanol–water partition coefficient (Wildman–Crippen LogP) is 3.20. The molecule has 96 valence electrons. The van der Waals surface area contributed by atoms with E-state index in [-0.39, 0.29) is 23.8 Å². The molecule has 1 aromatic rings. The third kappa shape index (κ3) is 3.93. The van der Waals surface area contributed by atoms with Crippen LogP contribution in [-0.4, -0.2) is 6.61 Å². The van der Waals surface area contributed by atoms with Crippen molar-refractivity contribution < 1.29 is 17.9 Å². The van der Waals surface area contributed by atoms with Gasteiger partial charge in [0.25, 0.3) is 0 Å². The van der Waals surface area contributed by atoms with Crippen molar-refractivity contribution >= 4 is 0 Å². The molecule has 0 spiro atoms. The van der Waals surface area contributed by atoms with E-state index >= 15 is 0 Å². The topological polar surface area (TPSA) is 35.2 Å². The van der Waals surface area contributed by atoms with Gasteiger partial charge in [-0.2, -0.15) is 13.2 Å². The van der Waals surface area contributed by atoms with E-state index < -0.39 is 11.7 Å². The fourth-order valence-electron chi connectivity index (χ4n) is 1.35. The molecular weight excluding hydrogens is 231 g/mol. The zero-order chi connectivity index (χ0) is 13.1. The molecule has 17 heavy (non-hydrogen) atoms. The Morgan fingerprint density at radius 3 is 2.41 bits per heavy atom. The number of hydrogen-bond donors (Lipinski definition) is 1. The summed E-state index contributed by atoms with van der Waals surface area (Å²) in [4.78, 5) is 0. The first-order chi connectivity index (χ1) is 7.84. The molecule has 1 aromatic carbocycles. The summed E-state index contributed by atoms with van der Waals surface area (Å²) in [5, 5.41) is 0. The molecule has 0 aromatic heterocycles. The highest BCUT2D eigenvalue weighted by Gasteiger charge is 2.33. The van der Waals surface area contributed by atoms with E-state index in [0.717, 1.165) is 6.07 Å². The van der Waals surface area contributed by atoms with Crippen molar-refractivity contribution in [2.75, 3.05) is 6.61 Å². The number of rotatable bonds is 4. The summed E-state index contributed by atoms with van der Waals surface area (Å²) in [6.07, 6.45) is -4.40. The third-order valence-corrected chi connectivity index (χ3v) is 2.19. The van der Waals surface area contributed by atoms with Gasteiger partial charge in [0.1, 0.15) is 5.75 Å². The van der Waals surface area contributed by atoms with Crippen molar-refractivity contribution in [3.05, 3.63) is 29.3 Å². The van der Waals surface area contributed by atoms with Gasteiger partial charge in [-0.1, -0.05) is 19.9 Å². The third-order valence-electron chi connectivity index (χ3n) is 2.19. The molecule has 0 atom stereocenters. The largest absolute Gasteiger partial charge is 0.493 e. The monoisotopic (exact) mass is 247 g/mol. The molecular formula is C12H16F3NO. The molecule has 0 aliphatic heterocycles. The van der Waals surface area contributed by atoms with Crippen molar-refractivity contribution in [2.45, 2.75) is 26.6 Å². The maximum atomic E-state index is 12.7. The minimum absolute atomic E-state index is 0.0781. The average molecular weight is 247 g/mol. The van der Waals surface area contributed by atoms with Crippen LogP contribution in [-0.2, 0) is 12.7 Å². The predicted molar refractivity (Wildman–Crippen MR) is 59.7 cm³/mol. The van der Waals surface area contributed by atoms with E-state index in [9.17, 15) is 13.2 Å². The molecule has 0 saturated carbocycles. The Morgan fingerprint density at radius 1 is 1.29 bits per heavy atom. The molecule has 0 bridgehead atoms. The van der Waals surface area contributed by atoms with E-state index in [0.29, 0.717) is 6.61 Å². The number of benzene rings is 1. The zero-order valence-electron chi connectivity index (χ0n) is 9.84. The molecule has 0 unspecified atom stereocenters. The second-order valence-electron chi connectivity index (χ2n) is 4.23. The molecule has 2 N–H and O–H groups in total. The molecule has 0 amide bonds. The van der Waals surface area contributed by atoms with Crippen LogP contribution in [0.15, 0.2) is 18.2 Å². The minimum atomic E-state index is -4.40. The van der Waals surface area contributed by atoms with Gasteiger partial charge in [-0.05, 0) is 23.6 Å². The molecule has 2 nitrogen and oxygen atoms in total. The van der Waals surface area contributed by atoms with Crippen molar-refractivity contribution in [1.82, 2.24) is 0 Å². The van der Waals surface area contributed by atoms with E-state index in [2.05, 4.69) is 0 Å². The van der Waals surface area contributed by atoms with Gasteiger partial charge in [-0.15, -0.1) is 0 Å². The van der Waals surface area contributed by atoms with E-state index in [1.165, 1.54) is 12.1 Å². The van der Waals surface area contributed by atoms with Gasteiger partial charge in [0.05, 0.1) is 12.2 Å². The zero-order valence-corrected chi connectivity index (χ0v) is 9.84. The molecule has 5 heteroatoms. The van der Waals surface area contributed by atoms with Crippen molar-refractivity contribution in [3.8, 4) is 5.75 Å². The van der Waals surface area contributed by atoms with E-state index in [1.54, 1.807) is 0 Å². The van der Waals surface area contributed by atoms with Crippen LogP contribution in [0.2, 0.25) is 0 Å². The van der Waals surface area contributed by atoms with Crippen LogP contribution in [0.4, 0.5) is 13.2 Å². The summed E-state index contributed by atoms with van der Waals surface area (Å²) < 4.78 is 43.4. The lowest BCUT2D eigenvalue weighted by Crippen LogP contribution is -2.13. The SMILES string of the molecule is CC(C)COc1ccc(CN)c(C(F)(F)F)c1. The number of alkyl halides is 3. The fraction of sp³-hybridized carbons (Fsp3) is 0.500. The summed E-state index contributed by atoms with van der Waals surface area (Å²) in [6, 6.07) is 3.88. The number of hydrogen-bond acceptors (Lipinski definition) is 2. The van der Waals surface area contributed by atoms with Crippen LogP contribution < -0.4 is 10.5 Å². The minimum Gasteiger partial charge on any atom is -0.493 e. The van der Waals surface area contributed by atoms with Crippen LogP contribution in [0.3, 0.4) is 0 Å². The van der Waals surface area contributed by atoms with Gasteiger partial charge in [0, 0.05) is 6.54 Å². The number of halogens is 3. The Labute approximate surface area is 98.6 Å². The highest BCUT2D eigenvalue weighted by atomic mass is 19.4. The Hall–Kier alpha value is -1.23. The Kier molecular flexibility index (Phi) is 4.40. The standard InChI is InChI=1S/C12H16F3NO/c1-8(2)7-17-10-4-3-9(6-16)11(5-10)12(13,14)15/h3-5,8H,6-7,16H2,1-2H3. The first-order valence-corrected chi connectivity index (χ1v) is 5.37. The van der Waals surface area contributed by atoms with Crippen molar-refractivity contribution in [2.24, 2.45) is 11.7 Å². The fourth-order valence-corrected chi connectivity index (χ4v) is 1.35. The molecule has 1 rings (SSSR count). The van der Waals surface area contributed by atoms with Gasteiger partial charge in [-0.25, -0.2) is 0 Å². The molecule has 0 heterocycles. The first-order valence-electron chi connectivity index (χ1n) is 5.37. The summed E-state index contributed by atoms with van der Waals surface area (Å²) in [7, 11) is 0. The van der Waals surface area contributed by atoms with Crippen LogP contribution in [0.1, 0.15) is 25.0 Å². The Balaban J connectivity index is 2.97. The summed E-state index contributed by atoms with van der Waals surface area (Å²) in [5.74, 6) is 0.488. The second-order valence-corrected chi connectivity index (χ2v) is 4.23. The van der Waals surface area contributed by atoms with Crippen LogP contribution in [0, 0.1) is 5.92 Å².